The van der Waals surface area contributed by atoms with Gasteiger partial charge in [-0.25, -0.2) is 4.79 Å². The zero-order valence-electron chi connectivity index (χ0n) is 10.8. The Hall–Kier alpha value is -1.18. The molecular formula is C13H12BrNO3S2. The molecule has 2 rings (SSSR count). The molecule has 106 valence electrons. The third-order valence-electron chi connectivity index (χ3n) is 2.58. The van der Waals surface area contributed by atoms with Crippen LogP contribution in [0.25, 0.3) is 0 Å². The second-order valence-corrected chi connectivity index (χ2v) is 7.57. The Morgan fingerprint density at radius 2 is 1.90 bits per heavy atom. The maximum atomic E-state index is 12.1. The first-order valence-electron chi connectivity index (χ1n) is 5.75. The summed E-state index contributed by atoms with van der Waals surface area (Å²) in [6.07, 6.45) is 0. The molecule has 2 aromatic heterocycles. The molecule has 4 nitrogen and oxygen atoms in total. The summed E-state index contributed by atoms with van der Waals surface area (Å²) in [5.74, 6) is -0.619. The minimum Gasteiger partial charge on any atom is -0.465 e. The van der Waals surface area contributed by atoms with Crippen LogP contribution in [0.4, 0.5) is 0 Å². The standard InChI is InChI=1S/C13H12BrNO3S2/c1-7(8-5-6-11(14)20-8)15-12(16)9-3-4-10(19-9)13(17)18-2/h3-7H,1-2H3,(H,15,16). The number of methoxy groups -OCH3 is 1. The monoisotopic (exact) mass is 373 g/mol. The van der Waals surface area contributed by atoms with Crippen molar-refractivity contribution in [3.05, 3.63) is 42.7 Å². The van der Waals surface area contributed by atoms with E-state index in [1.807, 2.05) is 19.1 Å². The zero-order chi connectivity index (χ0) is 14.7. The summed E-state index contributed by atoms with van der Waals surface area (Å²) < 4.78 is 5.64. The van der Waals surface area contributed by atoms with Crippen molar-refractivity contribution in [3.8, 4) is 0 Å². The molecule has 1 unspecified atom stereocenters. The van der Waals surface area contributed by atoms with Gasteiger partial charge in [-0.1, -0.05) is 0 Å². The summed E-state index contributed by atoms with van der Waals surface area (Å²) in [5, 5.41) is 2.91. The quantitative estimate of drug-likeness (QED) is 0.828. The Morgan fingerprint density at radius 3 is 2.50 bits per heavy atom. The molecule has 0 aromatic carbocycles. The Balaban J connectivity index is 2.04. The number of halogens is 1. The summed E-state index contributed by atoms with van der Waals surface area (Å²) in [5.41, 5.74) is 0. The topological polar surface area (TPSA) is 55.4 Å². The molecule has 7 heteroatoms. The lowest BCUT2D eigenvalue weighted by Crippen LogP contribution is -2.25. The van der Waals surface area contributed by atoms with Crippen molar-refractivity contribution in [2.24, 2.45) is 0 Å². The van der Waals surface area contributed by atoms with Crippen LogP contribution in [0.3, 0.4) is 0 Å². The van der Waals surface area contributed by atoms with E-state index >= 15 is 0 Å². The number of hydrogen-bond acceptors (Lipinski definition) is 5. The van der Waals surface area contributed by atoms with E-state index < -0.39 is 5.97 Å². The molecule has 0 aliphatic heterocycles. The second kappa shape index (κ2) is 6.51. The number of thiophene rings is 2. The highest BCUT2D eigenvalue weighted by Gasteiger charge is 2.17. The number of ether oxygens (including phenoxy) is 1. The van der Waals surface area contributed by atoms with Gasteiger partial charge in [0.2, 0.25) is 0 Å². The van der Waals surface area contributed by atoms with E-state index in [2.05, 4.69) is 26.0 Å². The normalized spacial score (nSPS) is 11.9. The molecule has 1 atom stereocenters. The van der Waals surface area contributed by atoms with Gasteiger partial charge in [-0.3, -0.25) is 4.79 Å². The fourth-order valence-electron chi connectivity index (χ4n) is 1.57. The van der Waals surface area contributed by atoms with Crippen LogP contribution in [0.5, 0.6) is 0 Å². The van der Waals surface area contributed by atoms with E-state index in [1.165, 1.54) is 7.11 Å². The lowest BCUT2D eigenvalue weighted by molar-refractivity contribution is 0.0606. The number of carbonyl (C=O) groups is 2. The molecule has 0 spiro atoms. The molecule has 0 saturated heterocycles. The van der Waals surface area contributed by atoms with Gasteiger partial charge >= 0.3 is 5.97 Å². The number of carbonyl (C=O) groups excluding carboxylic acids is 2. The average molecular weight is 374 g/mol. The van der Waals surface area contributed by atoms with Crippen LogP contribution in [0.2, 0.25) is 0 Å². The number of rotatable bonds is 4. The molecule has 0 bridgehead atoms. The summed E-state index contributed by atoms with van der Waals surface area (Å²) >= 11 is 6.10. The van der Waals surface area contributed by atoms with Gasteiger partial charge in [0, 0.05) is 4.88 Å². The number of amides is 1. The molecule has 0 fully saturated rings. The molecule has 2 heterocycles. The van der Waals surface area contributed by atoms with Gasteiger partial charge in [-0.05, 0) is 47.1 Å². The van der Waals surface area contributed by atoms with Crippen molar-refractivity contribution in [2.75, 3.05) is 7.11 Å². The average Bonchev–Trinajstić information content (AvgIpc) is 3.06. The summed E-state index contributed by atoms with van der Waals surface area (Å²) in [7, 11) is 1.32. The summed E-state index contributed by atoms with van der Waals surface area (Å²) in [6, 6.07) is 7.06. The predicted octanol–water partition coefficient (Wildman–Crippen LogP) is 3.85. The predicted molar refractivity (Wildman–Crippen MR) is 83.6 cm³/mol. The van der Waals surface area contributed by atoms with E-state index in [-0.39, 0.29) is 11.9 Å². The molecular weight excluding hydrogens is 362 g/mol. The van der Waals surface area contributed by atoms with Gasteiger partial charge in [-0.15, -0.1) is 22.7 Å². The maximum Gasteiger partial charge on any atom is 0.348 e. The van der Waals surface area contributed by atoms with Crippen molar-refractivity contribution >= 4 is 50.5 Å². The molecule has 0 radical (unpaired) electrons. The fourth-order valence-corrected chi connectivity index (χ4v) is 3.82. The van der Waals surface area contributed by atoms with Crippen molar-refractivity contribution in [3.63, 3.8) is 0 Å². The fraction of sp³-hybridized carbons (Fsp3) is 0.231. The molecule has 1 amide bonds. The van der Waals surface area contributed by atoms with E-state index in [0.717, 1.165) is 20.0 Å². The van der Waals surface area contributed by atoms with Gasteiger partial charge < -0.3 is 10.1 Å². The Labute approximate surface area is 132 Å². The van der Waals surface area contributed by atoms with E-state index in [9.17, 15) is 9.59 Å². The van der Waals surface area contributed by atoms with Gasteiger partial charge in [-0.2, -0.15) is 0 Å². The SMILES string of the molecule is COC(=O)c1ccc(C(=O)NC(C)c2ccc(Br)s2)s1. The molecule has 20 heavy (non-hydrogen) atoms. The van der Waals surface area contributed by atoms with Gasteiger partial charge in [0.05, 0.1) is 21.8 Å². The lowest BCUT2D eigenvalue weighted by Gasteiger charge is -2.10. The van der Waals surface area contributed by atoms with Crippen LogP contribution < -0.4 is 5.32 Å². The largest absolute Gasteiger partial charge is 0.465 e. The van der Waals surface area contributed by atoms with Crippen molar-refractivity contribution in [2.45, 2.75) is 13.0 Å². The highest BCUT2D eigenvalue weighted by Crippen LogP contribution is 2.27. The Bertz CT molecular complexity index is 635. The molecule has 1 N–H and O–H groups in total. The van der Waals surface area contributed by atoms with Crippen molar-refractivity contribution in [1.29, 1.82) is 0 Å². The van der Waals surface area contributed by atoms with Crippen LogP contribution >= 0.6 is 38.6 Å². The van der Waals surface area contributed by atoms with Gasteiger partial charge in [0.1, 0.15) is 4.88 Å². The first kappa shape index (κ1) is 15.2. The van der Waals surface area contributed by atoms with Crippen LogP contribution in [0, 0.1) is 0 Å². The summed E-state index contributed by atoms with van der Waals surface area (Å²) in [4.78, 5) is 25.4. The van der Waals surface area contributed by atoms with Gasteiger partial charge in [0.15, 0.2) is 0 Å². The third kappa shape index (κ3) is 3.47. The molecule has 2 aromatic rings. The van der Waals surface area contributed by atoms with Crippen LogP contribution in [0.15, 0.2) is 28.1 Å². The van der Waals surface area contributed by atoms with E-state index in [4.69, 9.17) is 0 Å². The second-order valence-electron chi connectivity index (χ2n) is 3.99. The first-order chi connectivity index (χ1) is 9.51. The van der Waals surface area contributed by atoms with Crippen molar-refractivity contribution in [1.82, 2.24) is 5.32 Å². The zero-order valence-corrected chi connectivity index (χ0v) is 14.0. The Morgan fingerprint density at radius 1 is 1.20 bits per heavy atom. The Kier molecular flexibility index (Phi) is 4.95. The molecule has 0 aliphatic rings. The number of esters is 1. The number of hydrogen-bond donors (Lipinski definition) is 1. The maximum absolute atomic E-state index is 12.1. The highest BCUT2D eigenvalue weighted by atomic mass is 79.9. The highest BCUT2D eigenvalue weighted by molar-refractivity contribution is 9.11. The minimum atomic E-state index is -0.427. The van der Waals surface area contributed by atoms with Crippen LogP contribution in [-0.2, 0) is 4.74 Å². The van der Waals surface area contributed by atoms with Gasteiger partial charge in [0.25, 0.3) is 5.91 Å². The van der Waals surface area contributed by atoms with Crippen LogP contribution in [-0.4, -0.2) is 19.0 Å². The lowest BCUT2D eigenvalue weighted by atomic mass is 10.2. The van der Waals surface area contributed by atoms with Crippen molar-refractivity contribution < 1.29 is 14.3 Å². The smallest absolute Gasteiger partial charge is 0.348 e. The van der Waals surface area contributed by atoms with Crippen LogP contribution in [0.1, 0.15) is 37.2 Å². The summed E-state index contributed by atoms with van der Waals surface area (Å²) in [6.45, 7) is 1.92. The first-order valence-corrected chi connectivity index (χ1v) is 8.18. The molecule has 0 aliphatic carbocycles. The van der Waals surface area contributed by atoms with E-state index in [0.29, 0.717) is 9.75 Å². The third-order valence-corrected chi connectivity index (χ3v) is 5.46. The van der Waals surface area contributed by atoms with E-state index in [1.54, 1.807) is 23.5 Å². The minimum absolute atomic E-state index is 0.0810. The molecule has 0 saturated carbocycles. The number of nitrogens with one attached hydrogen (secondary N) is 1.